The van der Waals surface area contributed by atoms with E-state index in [1.165, 1.54) is 10.9 Å². The number of sulfone groups is 1. The van der Waals surface area contributed by atoms with E-state index in [4.69, 9.17) is 23.2 Å². The third-order valence-corrected chi connectivity index (χ3v) is 6.44. The Balaban J connectivity index is 1.74. The first-order chi connectivity index (χ1) is 12.3. The molecule has 1 amide bonds. The molecular weight excluding hydrogens is 399 g/mol. The third kappa shape index (κ3) is 4.08. The van der Waals surface area contributed by atoms with Crippen molar-refractivity contribution < 1.29 is 13.2 Å². The van der Waals surface area contributed by atoms with Crippen LogP contribution in [0, 0.1) is 12.8 Å². The minimum Gasteiger partial charge on any atom is -0.273 e. The Morgan fingerprint density at radius 1 is 1.42 bits per heavy atom. The second kappa shape index (κ2) is 7.38. The van der Waals surface area contributed by atoms with E-state index in [-0.39, 0.29) is 11.5 Å². The first kappa shape index (κ1) is 18.9. The van der Waals surface area contributed by atoms with E-state index in [0.717, 1.165) is 0 Å². The van der Waals surface area contributed by atoms with Gasteiger partial charge in [-0.1, -0.05) is 29.3 Å². The van der Waals surface area contributed by atoms with Gasteiger partial charge in [-0.2, -0.15) is 10.2 Å². The van der Waals surface area contributed by atoms with Gasteiger partial charge in [0.25, 0.3) is 0 Å². The molecule has 0 radical (unpaired) electrons. The molecule has 0 saturated carbocycles. The van der Waals surface area contributed by atoms with Crippen molar-refractivity contribution in [1.82, 2.24) is 15.2 Å². The minimum atomic E-state index is -3.12. The van der Waals surface area contributed by atoms with Gasteiger partial charge in [0.1, 0.15) is 5.15 Å². The van der Waals surface area contributed by atoms with E-state index in [1.807, 2.05) is 6.07 Å². The highest BCUT2D eigenvalue weighted by Crippen LogP contribution is 2.24. The molecule has 2 heterocycles. The molecule has 1 aliphatic rings. The summed E-state index contributed by atoms with van der Waals surface area (Å²) in [6.07, 6.45) is 1.71. The van der Waals surface area contributed by atoms with Crippen LogP contribution in [0.1, 0.15) is 17.7 Å². The van der Waals surface area contributed by atoms with Gasteiger partial charge in [-0.3, -0.25) is 4.79 Å². The summed E-state index contributed by atoms with van der Waals surface area (Å²) in [5.41, 5.74) is 4.24. The van der Waals surface area contributed by atoms with Gasteiger partial charge < -0.3 is 0 Å². The lowest BCUT2D eigenvalue weighted by atomic mass is 10.1. The first-order valence-electron chi connectivity index (χ1n) is 7.81. The summed E-state index contributed by atoms with van der Waals surface area (Å²) < 4.78 is 24.4. The van der Waals surface area contributed by atoms with Crippen LogP contribution in [0.5, 0.6) is 0 Å². The van der Waals surface area contributed by atoms with Crippen molar-refractivity contribution in [2.45, 2.75) is 13.3 Å². The maximum Gasteiger partial charge on any atom is 0.244 e. The topological polar surface area (TPSA) is 93.4 Å². The fraction of sp³-hybridized carbons (Fsp3) is 0.312. The van der Waals surface area contributed by atoms with E-state index in [9.17, 15) is 13.2 Å². The Labute approximate surface area is 160 Å². The second-order valence-corrected chi connectivity index (χ2v) is 9.04. The number of amides is 1. The minimum absolute atomic E-state index is 0.0339. The van der Waals surface area contributed by atoms with Gasteiger partial charge in [-0.05, 0) is 31.5 Å². The SMILES string of the molecule is Cc1nn(-c2cccc(Cl)c2)c(Cl)c1/C=N\NC(=O)[C@H]1CCS(=O)(=O)C1. The number of nitrogens with one attached hydrogen (secondary N) is 1. The third-order valence-electron chi connectivity index (χ3n) is 4.07. The molecule has 0 spiro atoms. The van der Waals surface area contributed by atoms with Crippen molar-refractivity contribution in [2.24, 2.45) is 11.0 Å². The normalized spacial score (nSPS) is 19.1. The maximum atomic E-state index is 12.0. The van der Waals surface area contributed by atoms with E-state index >= 15 is 0 Å². The predicted molar refractivity (Wildman–Crippen MR) is 101 cm³/mol. The van der Waals surface area contributed by atoms with Crippen LogP contribution in [0.3, 0.4) is 0 Å². The number of rotatable bonds is 4. The van der Waals surface area contributed by atoms with Crippen LogP contribution in [0.15, 0.2) is 29.4 Å². The van der Waals surface area contributed by atoms with Gasteiger partial charge >= 0.3 is 0 Å². The number of hydrogen-bond acceptors (Lipinski definition) is 5. The summed E-state index contributed by atoms with van der Waals surface area (Å²) in [5, 5.41) is 9.14. The molecule has 7 nitrogen and oxygen atoms in total. The molecular formula is C16H16Cl2N4O3S. The number of carbonyl (C=O) groups excluding carboxylic acids is 1. The van der Waals surface area contributed by atoms with Crippen LogP contribution < -0.4 is 5.43 Å². The molecule has 0 unspecified atom stereocenters. The molecule has 1 aromatic carbocycles. The van der Waals surface area contributed by atoms with Gasteiger partial charge in [0.2, 0.25) is 5.91 Å². The molecule has 3 rings (SSSR count). The Morgan fingerprint density at radius 2 is 2.19 bits per heavy atom. The number of hydrogen-bond donors (Lipinski definition) is 1. The number of nitrogens with zero attached hydrogens (tertiary/aromatic N) is 3. The smallest absolute Gasteiger partial charge is 0.244 e. The van der Waals surface area contributed by atoms with Crippen LogP contribution >= 0.6 is 23.2 Å². The van der Waals surface area contributed by atoms with Crippen molar-refractivity contribution in [1.29, 1.82) is 0 Å². The zero-order valence-electron chi connectivity index (χ0n) is 13.8. The summed E-state index contributed by atoms with van der Waals surface area (Å²) in [5.74, 6) is -1.09. The highest BCUT2D eigenvalue weighted by molar-refractivity contribution is 7.91. The number of halogens is 2. The molecule has 0 aliphatic carbocycles. The number of benzene rings is 1. The molecule has 10 heteroatoms. The molecule has 1 saturated heterocycles. The van der Waals surface area contributed by atoms with Crippen molar-refractivity contribution in [3.8, 4) is 5.69 Å². The van der Waals surface area contributed by atoms with Crippen molar-refractivity contribution >= 4 is 45.2 Å². The molecule has 1 atom stereocenters. The monoisotopic (exact) mass is 414 g/mol. The molecule has 1 N–H and O–H groups in total. The van der Waals surface area contributed by atoms with Crippen molar-refractivity contribution in [3.63, 3.8) is 0 Å². The van der Waals surface area contributed by atoms with Gasteiger partial charge in [0, 0.05) is 5.02 Å². The first-order valence-corrected chi connectivity index (χ1v) is 10.4. The van der Waals surface area contributed by atoms with Gasteiger partial charge in [0.05, 0.1) is 40.6 Å². The summed E-state index contributed by atoms with van der Waals surface area (Å²) in [6.45, 7) is 1.76. The number of aromatic nitrogens is 2. The van der Waals surface area contributed by atoms with Crippen molar-refractivity contribution in [2.75, 3.05) is 11.5 Å². The maximum absolute atomic E-state index is 12.0. The highest BCUT2D eigenvalue weighted by atomic mass is 35.5. The average molecular weight is 415 g/mol. The lowest BCUT2D eigenvalue weighted by molar-refractivity contribution is -0.124. The average Bonchev–Trinajstić information content (AvgIpc) is 3.08. The van der Waals surface area contributed by atoms with Crippen molar-refractivity contribution in [3.05, 3.63) is 45.7 Å². The number of carbonyl (C=O) groups is 1. The molecule has 0 bridgehead atoms. The van der Waals surface area contributed by atoms with Gasteiger partial charge in [-0.15, -0.1) is 0 Å². The quantitative estimate of drug-likeness (QED) is 0.613. The van der Waals surface area contributed by atoms with Gasteiger partial charge in [0.15, 0.2) is 9.84 Å². The zero-order chi connectivity index (χ0) is 18.9. The Kier molecular flexibility index (Phi) is 5.36. The summed E-state index contributed by atoms with van der Waals surface area (Å²) in [7, 11) is -3.12. The van der Waals surface area contributed by atoms with Crippen LogP contribution in [0.4, 0.5) is 0 Å². The second-order valence-electron chi connectivity index (χ2n) is 6.02. The number of hydrazone groups is 1. The molecule has 1 aliphatic heterocycles. The summed E-state index contributed by atoms with van der Waals surface area (Å²) in [6, 6.07) is 7.07. The van der Waals surface area contributed by atoms with E-state index in [1.54, 1.807) is 25.1 Å². The van der Waals surface area contributed by atoms with Gasteiger partial charge in [-0.25, -0.2) is 18.5 Å². The highest BCUT2D eigenvalue weighted by Gasteiger charge is 2.32. The predicted octanol–water partition coefficient (Wildman–Crippen LogP) is 2.37. The molecule has 26 heavy (non-hydrogen) atoms. The molecule has 1 aromatic heterocycles. The van der Waals surface area contributed by atoms with E-state index in [0.29, 0.717) is 33.5 Å². The van der Waals surface area contributed by atoms with Crippen LogP contribution in [-0.2, 0) is 14.6 Å². The Hall–Kier alpha value is -1.90. The Bertz CT molecular complexity index is 985. The number of aryl methyl sites for hydroxylation is 1. The Morgan fingerprint density at radius 3 is 2.85 bits per heavy atom. The largest absolute Gasteiger partial charge is 0.273 e. The van der Waals surface area contributed by atoms with Crippen LogP contribution in [0.25, 0.3) is 5.69 Å². The molecule has 138 valence electrons. The summed E-state index contributed by atoms with van der Waals surface area (Å²) in [4.78, 5) is 12.0. The van der Waals surface area contributed by atoms with E-state index in [2.05, 4.69) is 15.6 Å². The van der Waals surface area contributed by atoms with Crippen LogP contribution in [-0.4, -0.2) is 41.8 Å². The fourth-order valence-electron chi connectivity index (χ4n) is 2.69. The standard InChI is InChI=1S/C16H16Cl2N4O3S/c1-10-14(8-19-20-16(23)11-5-6-26(24,25)9-11)15(18)22(21-10)13-4-2-3-12(17)7-13/h2-4,7-8,11H,5-6,9H2,1H3,(H,20,23)/b19-8-/t11-/m0/s1. The molecule has 1 fully saturated rings. The molecule has 2 aromatic rings. The lowest BCUT2D eigenvalue weighted by Crippen LogP contribution is -2.27. The van der Waals surface area contributed by atoms with Crippen LogP contribution in [0.2, 0.25) is 10.2 Å². The fourth-order valence-corrected chi connectivity index (χ4v) is 4.94. The summed E-state index contributed by atoms with van der Waals surface area (Å²) >= 11 is 12.4. The zero-order valence-corrected chi connectivity index (χ0v) is 16.1. The lowest BCUT2D eigenvalue weighted by Gasteiger charge is -2.04. The van der Waals surface area contributed by atoms with E-state index < -0.39 is 21.7 Å².